The second kappa shape index (κ2) is 7.40. The van der Waals surface area contributed by atoms with Crippen molar-refractivity contribution in [3.8, 4) is 0 Å². The quantitative estimate of drug-likeness (QED) is 0.768. The van der Waals surface area contributed by atoms with Gasteiger partial charge in [-0.3, -0.25) is 9.59 Å². The van der Waals surface area contributed by atoms with Crippen LogP contribution in [-0.2, 0) is 14.3 Å². The summed E-state index contributed by atoms with van der Waals surface area (Å²) in [5.41, 5.74) is 0. The first-order chi connectivity index (χ1) is 11.6. The van der Waals surface area contributed by atoms with Crippen LogP contribution in [0, 0.1) is 11.8 Å². The summed E-state index contributed by atoms with van der Waals surface area (Å²) in [5.74, 6) is 0.733. The number of rotatable bonds is 3. The lowest BCUT2D eigenvalue weighted by Crippen LogP contribution is -2.53. The van der Waals surface area contributed by atoms with E-state index in [9.17, 15) is 14.4 Å². The van der Waals surface area contributed by atoms with Gasteiger partial charge in [0.2, 0.25) is 11.8 Å². The van der Waals surface area contributed by atoms with Gasteiger partial charge in [-0.15, -0.1) is 0 Å². The van der Waals surface area contributed by atoms with E-state index in [1.165, 1.54) is 0 Å². The highest BCUT2D eigenvalue weighted by atomic mass is 16.6. The number of nitrogens with zero attached hydrogens (tertiary/aromatic N) is 3. The van der Waals surface area contributed by atoms with Crippen molar-refractivity contribution in [2.24, 2.45) is 11.8 Å². The summed E-state index contributed by atoms with van der Waals surface area (Å²) in [5, 5.41) is 0. The van der Waals surface area contributed by atoms with Crippen LogP contribution in [0.1, 0.15) is 32.6 Å². The van der Waals surface area contributed by atoms with Gasteiger partial charge < -0.3 is 19.4 Å². The highest BCUT2D eigenvalue weighted by molar-refractivity contribution is 5.82. The van der Waals surface area contributed by atoms with Gasteiger partial charge in [0.05, 0.1) is 6.61 Å². The molecule has 0 bridgehead atoms. The average molecular weight is 337 g/mol. The predicted octanol–water partition coefficient (Wildman–Crippen LogP) is 0.936. The lowest BCUT2D eigenvalue weighted by molar-refractivity contribution is -0.142. The SMILES string of the molecule is CCOC(=O)N1CCN(C(=O)C2CCN(C(=O)C3CC3)CC2)CC1. The zero-order chi connectivity index (χ0) is 17.1. The lowest BCUT2D eigenvalue weighted by Gasteiger charge is -2.38. The van der Waals surface area contributed by atoms with E-state index < -0.39 is 0 Å². The molecule has 3 amide bonds. The van der Waals surface area contributed by atoms with Crippen molar-refractivity contribution >= 4 is 17.9 Å². The van der Waals surface area contributed by atoms with E-state index in [2.05, 4.69) is 0 Å². The van der Waals surface area contributed by atoms with Crippen LogP contribution in [0.25, 0.3) is 0 Å². The number of piperidine rings is 1. The summed E-state index contributed by atoms with van der Waals surface area (Å²) in [6.45, 7) is 5.77. The van der Waals surface area contributed by atoms with Crippen LogP contribution >= 0.6 is 0 Å². The van der Waals surface area contributed by atoms with Crippen LogP contribution in [0.5, 0.6) is 0 Å². The molecule has 2 aliphatic heterocycles. The summed E-state index contributed by atoms with van der Waals surface area (Å²) in [7, 11) is 0. The fourth-order valence-electron chi connectivity index (χ4n) is 3.52. The van der Waals surface area contributed by atoms with Crippen LogP contribution in [0.2, 0.25) is 0 Å². The standard InChI is InChI=1S/C17H27N3O4/c1-2-24-17(23)20-11-9-19(10-12-20)16(22)14-5-7-18(8-6-14)15(21)13-3-4-13/h13-14H,2-12H2,1H3. The number of amides is 3. The molecular formula is C17H27N3O4. The van der Waals surface area contributed by atoms with Crippen molar-refractivity contribution in [1.29, 1.82) is 0 Å². The summed E-state index contributed by atoms with van der Waals surface area (Å²) < 4.78 is 5.00. The van der Waals surface area contributed by atoms with Crippen molar-refractivity contribution in [2.45, 2.75) is 32.6 Å². The van der Waals surface area contributed by atoms with Gasteiger partial charge in [-0.05, 0) is 32.6 Å². The van der Waals surface area contributed by atoms with Crippen LogP contribution in [-0.4, -0.2) is 78.5 Å². The number of piperazine rings is 1. The largest absolute Gasteiger partial charge is 0.450 e. The average Bonchev–Trinajstić information content (AvgIpc) is 3.46. The maximum Gasteiger partial charge on any atom is 0.409 e. The first kappa shape index (κ1) is 17.0. The van der Waals surface area contributed by atoms with Crippen LogP contribution in [0.15, 0.2) is 0 Å². The van der Waals surface area contributed by atoms with Crippen LogP contribution in [0.3, 0.4) is 0 Å². The molecule has 2 saturated heterocycles. The Morgan fingerprint density at radius 1 is 0.750 bits per heavy atom. The smallest absolute Gasteiger partial charge is 0.409 e. The van der Waals surface area contributed by atoms with Crippen molar-refractivity contribution in [2.75, 3.05) is 45.9 Å². The van der Waals surface area contributed by atoms with Crippen LogP contribution in [0.4, 0.5) is 4.79 Å². The molecule has 0 aromatic heterocycles. The van der Waals surface area contributed by atoms with Gasteiger partial charge in [-0.1, -0.05) is 0 Å². The Morgan fingerprint density at radius 3 is 1.71 bits per heavy atom. The second-order valence-corrected chi connectivity index (χ2v) is 6.89. The molecule has 24 heavy (non-hydrogen) atoms. The monoisotopic (exact) mass is 337 g/mol. The number of likely N-dealkylation sites (tertiary alicyclic amines) is 1. The van der Waals surface area contributed by atoms with E-state index in [1.807, 2.05) is 9.80 Å². The fourth-order valence-corrected chi connectivity index (χ4v) is 3.52. The third-order valence-electron chi connectivity index (χ3n) is 5.20. The van der Waals surface area contributed by atoms with Crippen molar-refractivity contribution in [3.05, 3.63) is 0 Å². The van der Waals surface area contributed by atoms with E-state index >= 15 is 0 Å². The third-order valence-corrected chi connectivity index (χ3v) is 5.20. The van der Waals surface area contributed by atoms with Gasteiger partial charge in [0.1, 0.15) is 0 Å². The molecule has 0 N–H and O–H groups in total. The fraction of sp³-hybridized carbons (Fsp3) is 0.824. The van der Waals surface area contributed by atoms with Gasteiger partial charge >= 0.3 is 6.09 Å². The van der Waals surface area contributed by atoms with E-state index in [4.69, 9.17) is 4.74 Å². The minimum atomic E-state index is -0.295. The molecule has 7 heteroatoms. The normalized spacial score (nSPS) is 22.5. The third kappa shape index (κ3) is 3.82. The Kier molecular flexibility index (Phi) is 5.26. The van der Waals surface area contributed by atoms with Gasteiger partial charge in [-0.25, -0.2) is 4.79 Å². The topological polar surface area (TPSA) is 70.2 Å². The summed E-state index contributed by atoms with van der Waals surface area (Å²) in [6.07, 6.45) is 3.28. The van der Waals surface area contributed by atoms with E-state index in [0.717, 1.165) is 25.7 Å². The van der Waals surface area contributed by atoms with Crippen molar-refractivity contribution in [1.82, 2.24) is 14.7 Å². The molecule has 0 unspecified atom stereocenters. The Labute approximate surface area is 142 Å². The molecule has 2 heterocycles. The molecule has 134 valence electrons. The van der Waals surface area contributed by atoms with Gasteiger partial charge in [0, 0.05) is 51.1 Å². The second-order valence-electron chi connectivity index (χ2n) is 6.89. The number of carbonyl (C=O) groups is 3. The molecule has 3 fully saturated rings. The zero-order valence-electron chi connectivity index (χ0n) is 14.4. The number of ether oxygens (including phenoxy) is 1. The molecule has 1 aliphatic carbocycles. The first-order valence-electron chi connectivity index (χ1n) is 9.09. The van der Waals surface area contributed by atoms with E-state index in [0.29, 0.717) is 45.9 Å². The molecule has 0 spiro atoms. The molecule has 7 nitrogen and oxygen atoms in total. The zero-order valence-corrected chi connectivity index (χ0v) is 14.4. The van der Waals surface area contributed by atoms with Crippen molar-refractivity contribution in [3.63, 3.8) is 0 Å². The molecule has 0 aromatic carbocycles. The molecule has 3 rings (SSSR count). The summed E-state index contributed by atoms with van der Waals surface area (Å²) in [6, 6.07) is 0. The molecule has 0 radical (unpaired) electrons. The van der Waals surface area contributed by atoms with Crippen molar-refractivity contribution < 1.29 is 19.1 Å². The molecule has 0 atom stereocenters. The van der Waals surface area contributed by atoms with E-state index in [1.54, 1.807) is 11.8 Å². The van der Waals surface area contributed by atoms with E-state index in [-0.39, 0.29) is 29.7 Å². The minimum Gasteiger partial charge on any atom is -0.450 e. The molecule has 1 saturated carbocycles. The molecule has 0 aromatic rings. The number of hydrogen-bond acceptors (Lipinski definition) is 4. The maximum atomic E-state index is 12.7. The molecule has 3 aliphatic rings. The number of carbonyl (C=O) groups excluding carboxylic acids is 3. The van der Waals surface area contributed by atoms with Gasteiger partial charge in [-0.2, -0.15) is 0 Å². The Morgan fingerprint density at radius 2 is 1.21 bits per heavy atom. The number of hydrogen-bond donors (Lipinski definition) is 0. The lowest BCUT2D eigenvalue weighted by atomic mass is 9.94. The van der Waals surface area contributed by atoms with Gasteiger partial charge in [0.25, 0.3) is 0 Å². The first-order valence-corrected chi connectivity index (χ1v) is 9.09. The Bertz CT molecular complexity index is 490. The van der Waals surface area contributed by atoms with Gasteiger partial charge in [0.15, 0.2) is 0 Å². The Hall–Kier alpha value is -1.79. The Balaban J connectivity index is 1.43. The molecular weight excluding hydrogens is 310 g/mol. The maximum absolute atomic E-state index is 12.7. The summed E-state index contributed by atoms with van der Waals surface area (Å²) >= 11 is 0. The highest BCUT2D eigenvalue weighted by Crippen LogP contribution is 2.32. The summed E-state index contributed by atoms with van der Waals surface area (Å²) in [4.78, 5) is 41.9. The predicted molar refractivity (Wildman–Crippen MR) is 87.2 cm³/mol. The minimum absolute atomic E-state index is 0.0161. The highest BCUT2D eigenvalue weighted by Gasteiger charge is 2.37. The van der Waals surface area contributed by atoms with Crippen LogP contribution < -0.4 is 0 Å².